The molecule has 0 aliphatic carbocycles. The SMILES string of the molecule is CCCCOCc1cn([C@@H]2O[C@H](COCCCC)C(OCCCC)[C@@H]2F)c(=O)[nH]c1=O. The van der Waals surface area contributed by atoms with Crippen LogP contribution in [-0.2, 0) is 25.6 Å². The number of aromatic amines is 1. The van der Waals surface area contributed by atoms with Crippen LogP contribution < -0.4 is 11.2 Å². The minimum Gasteiger partial charge on any atom is -0.379 e. The fourth-order valence-electron chi connectivity index (χ4n) is 3.31. The summed E-state index contributed by atoms with van der Waals surface area (Å²) in [5, 5.41) is 0. The van der Waals surface area contributed by atoms with E-state index < -0.39 is 35.9 Å². The van der Waals surface area contributed by atoms with Crippen molar-refractivity contribution in [2.75, 3.05) is 26.4 Å². The minimum absolute atomic E-state index is 0.0409. The molecule has 0 aromatic carbocycles. The van der Waals surface area contributed by atoms with Crippen molar-refractivity contribution in [3.05, 3.63) is 32.6 Å². The fraction of sp³-hybridized carbons (Fsp3) is 0.818. The average molecular weight is 445 g/mol. The van der Waals surface area contributed by atoms with Crippen LogP contribution in [-0.4, -0.2) is 54.4 Å². The molecule has 1 aromatic heterocycles. The number of aromatic nitrogens is 2. The summed E-state index contributed by atoms with van der Waals surface area (Å²) in [6.45, 7) is 7.81. The van der Waals surface area contributed by atoms with E-state index in [2.05, 4.69) is 11.9 Å². The third-order valence-corrected chi connectivity index (χ3v) is 5.21. The Morgan fingerprint density at radius 2 is 1.68 bits per heavy atom. The van der Waals surface area contributed by atoms with Crippen LogP contribution in [0.1, 0.15) is 71.1 Å². The van der Waals surface area contributed by atoms with Gasteiger partial charge >= 0.3 is 5.69 Å². The molecule has 1 N–H and O–H groups in total. The maximum atomic E-state index is 15.4. The average Bonchev–Trinajstić information content (AvgIpc) is 3.05. The highest BCUT2D eigenvalue weighted by Gasteiger charge is 2.47. The van der Waals surface area contributed by atoms with Crippen LogP contribution in [0.4, 0.5) is 4.39 Å². The van der Waals surface area contributed by atoms with Gasteiger partial charge in [-0.2, -0.15) is 0 Å². The van der Waals surface area contributed by atoms with Crippen molar-refractivity contribution >= 4 is 0 Å². The summed E-state index contributed by atoms with van der Waals surface area (Å²) in [6, 6.07) is 0. The highest BCUT2D eigenvalue weighted by Crippen LogP contribution is 2.33. The van der Waals surface area contributed by atoms with E-state index in [1.165, 1.54) is 6.20 Å². The van der Waals surface area contributed by atoms with Gasteiger partial charge in [-0.15, -0.1) is 0 Å². The van der Waals surface area contributed by atoms with E-state index in [-0.39, 0.29) is 18.8 Å². The van der Waals surface area contributed by atoms with Gasteiger partial charge in [-0.05, 0) is 19.3 Å². The Labute approximate surface area is 183 Å². The summed E-state index contributed by atoms with van der Waals surface area (Å²) in [5.74, 6) is 0. The van der Waals surface area contributed by atoms with Crippen LogP contribution >= 0.6 is 0 Å². The molecule has 1 aromatic rings. The van der Waals surface area contributed by atoms with Gasteiger partial charge in [0, 0.05) is 26.0 Å². The second-order valence-corrected chi connectivity index (χ2v) is 7.85. The van der Waals surface area contributed by atoms with Crippen LogP contribution in [0.5, 0.6) is 0 Å². The molecule has 1 unspecified atom stereocenters. The molecule has 2 rings (SSSR count). The first-order chi connectivity index (χ1) is 15.0. The first-order valence-corrected chi connectivity index (χ1v) is 11.4. The second-order valence-electron chi connectivity index (χ2n) is 7.85. The molecule has 0 saturated carbocycles. The molecule has 1 aliphatic heterocycles. The molecule has 31 heavy (non-hydrogen) atoms. The molecule has 0 bridgehead atoms. The fourth-order valence-corrected chi connectivity index (χ4v) is 3.31. The van der Waals surface area contributed by atoms with Crippen LogP contribution in [0, 0.1) is 0 Å². The Kier molecular flexibility index (Phi) is 11.4. The zero-order chi connectivity index (χ0) is 22.6. The van der Waals surface area contributed by atoms with Crippen molar-refractivity contribution in [3.63, 3.8) is 0 Å². The molecule has 8 nitrogen and oxygen atoms in total. The van der Waals surface area contributed by atoms with Crippen molar-refractivity contribution in [2.24, 2.45) is 0 Å². The smallest absolute Gasteiger partial charge is 0.330 e. The predicted molar refractivity (Wildman–Crippen MR) is 115 cm³/mol. The van der Waals surface area contributed by atoms with Gasteiger partial charge in [0.2, 0.25) is 0 Å². The number of H-pyrrole nitrogens is 1. The van der Waals surface area contributed by atoms with Gasteiger partial charge in [-0.25, -0.2) is 9.18 Å². The zero-order valence-corrected chi connectivity index (χ0v) is 18.9. The summed E-state index contributed by atoms with van der Waals surface area (Å²) in [4.78, 5) is 26.8. The van der Waals surface area contributed by atoms with Crippen LogP contribution in [0.3, 0.4) is 0 Å². The van der Waals surface area contributed by atoms with Crippen LogP contribution in [0.15, 0.2) is 15.8 Å². The van der Waals surface area contributed by atoms with Crippen LogP contribution in [0.2, 0.25) is 0 Å². The minimum atomic E-state index is -1.57. The van der Waals surface area contributed by atoms with E-state index in [9.17, 15) is 9.59 Å². The summed E-state index contributed by atoms with van der Waals surface area (Å²) in [7, 11) is 0. The van der Waals surface area contributed by atoms with Gasteiger partial charge in [0.05, 0.1) is 18.8 Å². The van der Waals surface area contributed by atoms with E-state index in [1.807, 2.05) is 13.8 Å². The van der Waals surface area contributed by atoms with Crippen molar-refractivity contribution in [2.45, 2.75) is 90.5 Å². The number of hydrogen-bond donors (Lipinski definition) is 1. The van der Waals surface area contributed by atoms with Gasteiger partial charge in [0.1, 0.15) is 12.2 Å². The second kappa shape index (κ2) is 13.8. The number of ether oxygens (including phenoxy) is 4. The van der Waals surface area contributed by atoms with Gasteiger partial charge < -0.3 is 18.9 Å². The molecule has 178 valence electrons. The van der Waals surface area contributed by atoms with Gasteiger partial charge in [-0.3, -0.25) is 14.3 Å². The Hall–Kier alpha value is -1.55. The standard InChI is InChI=1S/C22H37FN2O6/c1-4-7-10-28-14-16-13-25(22(27)24-20(16)26)21-18(23)19(30-12-9-6-3)17(31-21)15-29-11-8-5-2/h13,17-19,21H,4-12,14-15H2,1-3H3,(H,24,26,27)/t17-,18+,19?,21-/m1/s1. The molecular weight excluding hydrogens is 407 g/mol. The lowest BCUT2D eigenvalue weighted by atomic mass is 10.1. The molecule has 1 aliphatic rings. The maximum absolute atomic E-state index is 15.4. The largest absolute Gasteiger partial charge is 0.379 e. The molecular formula is C22H37FN2O6. The zero-order valence-electron chi connectivity index (χ0n) is 18.9. The lowest BCUT2D eigenvalue weighted by molar-refractivity contribution is -0.0778. The molecule has 0 amide bonds. The summed E-state index contributed by atoms with van der Waals surface area (Å²) < 4.78 is 39.2. The molecule has 2 heterocycles. The lowest BCUT2D eigenvalue weighted by Gasteiger charge is -2.19. The Morgan fingerprint density at radius 1 is 1.03 bits per heavy atom. The molecule has 4 atom stereocenters. The van der Waals surface area contributed by atoms with E-state index in [4.69, 9.17) is 18.9 Å². The Balaban J connectivity index is 2.16. The number of hydrogen-bond acceptors (Lipinski definition) is 6. The van der Waals surface area contributed by atoms with Crippen molar-refractivity contribution in [1.82, 2.24) is 9.55 Å². The lowest BCUT2D eigenvalue weighted by Crippen LogP contribution is -2.38. The predicted octanol–water partition coefficient (Wildman–Crippen LogP) is 3.09. The first kappa shape index (κ1) is 25.7. The van der Waals surface area contributed by atoms with E-state index in [0.29, 0.717) is 19.8 Å². The van der Waals surface area contributed by atoms with Gasteiger partial charge in [-0.1, -0.05) is 40.0 Å². The molecule has 1 saturated heterocycles. The first-order valence-electron chi connectivity index (χ1n) is 11.4. The quantitative estimate of drug-likeness (QED) is 0.418. The number of halogens is 1. The topological polar surface area (TPSA) is 91.8 Å². The number of unbranched alkanes of at least 4 members (excludes halogenated alkanes) is 3. The third-order valence-electron chi connectivity index (χ3n) is 5.21. The monoisotopic (exact) mass is 444 g/mol. The molecule has 0 radical (unpaired) electrons. The summed E-state index contributed by atoms with van der Waals surface area (Å²) in [6.07, 6.45) is 2.51. The molecule has 1 fully saturated rings. The summed E-state index contributed by atoms with van der Waals surface area (Å²) in [5.41, 5.74) is -1.02. The van der Waals surface area contributed by atoms with Crippen molar-refractivity contribution in [1.29, 1.82) is 0 Å². The molecule has 0 spiro atoms. The highest BCUT2D eigenvalue weighted by atomic mass is 19.1. The van der Waals surface area contributed by atoms with Crippen LogP contribution in [0.25, 0.3) is 0 Å². The normalized spacial score (nSPS) is 23.5. The third kappa shape index (κ3) is 7.52. The number of alkyl halides is 1. The van der Waals surface area contributed by atoms with E-state index >= 15 is 4.39 Å². The maximum Gasteiger partial charge on any atom is 0.330 e. The van der Waals surface area contributed by atoms with Gasteiger partial charge in [0.25, 0.3) is 5.56 Å². The number of nitrogens with zero attached hydrogens (tertiary/aromatic N) is 1. The number of rotatable bonds is 15. The highest BCUT2D eigenvalue weighted by molar-refractivity contribution is 5.05. The van der Waals surface area contributed by atoms with Gasteiger partial charge in [0.15, 0.2) is 12.4 Å². The Morgan fingerprint density at radius 3 is 2.35 bits per heavy atom. The van der Waals surface area contributed by atoms with Crippen molar-refractivity contribution in [3.8, 4) is 0 Å². The summed E-state index contributed by atoms with van der Waals surface area (Å²) >= 11 is 0. The molecule has 9 heteroatoms. The van der Waals surface area contributed by atoms with E-state index in [0.717, 1.165) is 43.1 Å². The van der Waals surface area contributed by atoms with Crippen molar-refractivity contribution < 1.29 is 23.3 Å². The Bertz CT molecular complexity index is 752. The van der Waals surface area contributed by atoms with E-state index in [1.54, 1.807) is 0 Å². The number of nitrogens with one attached hydrogen (secondary N) is 1.